The van der Waals surface area contributed by atoms with Gasteiger partial charge in [-0.25, -0.2) is 4.68 Å². The predicted molar refractivity (Wildman–Crippen MR) is 98.2 cm³/mol. The Hall–Kier alpha value is -2.54. The van der Waals surface area contributed by atoms with Crippen LogP contribution >= 0.6 is 0 Å². The van der Waals surface area contributed by atoms with E-state index in [2.05, 4.69) is 15.5 Å². The highest BCUT2D eigenvalue weighted by Crippen LogP contribution is 2.32. The number of rotatable bonds is 5. The summed E-state index contributed by atoms with van der Waals surface area (Å²) in [5.74, 6) is 1.39. The van der Waals surface area contributed by atoms with Crippen molar-refractivity contribution in [1.82, 2.24) is 19.6 Å². The topological polar surface area (TPSA) is 77.1 Å². The van der Waals surface area contributed by atoms with Gasteiger partial charge in [0.2, 0.25) is 5.88 Å². The second kappa shape index (κ2) is 6.07. The minimum atomic E-state index is -0.895. The number of fused-ring (bicyclic) bond motifs is 1. The standard InChI is InChI=1S/C18H25N5O2/c1-11(2)25-17-14(10-19-23(17)6)20-16-13-8-7-12(18(3,4)24)9-15(13)22(5)21-16/h7-11,24H,1-6H3,(H,20,21). The number of aryl methyl sites for hydroxylation is 2. The van der Waals surface area contributed by atoms with E-state index in [0.717, 1.165) is 28.0 Å². The maximum Gasteiger partial charge on any atom is 0.236 e. The highest BCUT2D eigenvalue weighted by molar-refractivity contribution is 5.92. The monoisotopic (exact) mass is 343 g/mol. The van der Waals surface area contributed by atoms with Crippen molar-refractivity contribution in [1.29, 1.82) is 0 Å². The van der Waals surface area contributed by atoms with Crippen molar-refractivity contribution in [2.45, 2.75) is 39.4 Å². The molecule has 0 aliphatic carbocycles. The number of benzene rings is 1. The molecular weight excluding hydrogens is 318 g/mol. The van der Waals surface area contributed by atoms with Gasteiger partial charge in [0.1, 0.15) is 5.69 Å². The molecule has 0 unspecified atom stereocenters. The lowest BCUT2D eigenvalue weighted by Gasteiger charge is -2.17. The fourth-order valence-electron chi connectivity index (χ4n) is 2.73. The molecule has 7 heteroatoms. The molecule has 2 heterocycles. The summed E-state index contributed by atoms with van der Waals surface area (Å²) < 4.78 is 9.33. The second-order valence-corrected chi connectivity index (χ2v) is 7.04. The van der Waals surface area contributed by atoms with Gasteiger partial charge in [0.05, 0.1) is 23.4 Å². The van der Waals surface area contributed by atoms with Gasteiger partial charge < -0.3 is 15.2 Å². The van der Waals surface area contributed by atoms with E-state index < -0.39 is 5.60 Å². The molecule has 3 aromatic rings. The highest BCUT2D eigenvalue weighted by Gasteiger charge is 2.19. The average molecular weight is 343 g/mol. The molecule has 2 N–H and O–H groups in total. The molecule has 134 valence electrons. The number of ether oxygens (including phenoxy) is 1. The van der Waals surface area contributed by atoms with Crippen LogP contribution in [-0.2, 0) is 19.7 Å². The number of hydrogen-bond donors (Lipinski definition) is 2. The quantitative estimate of drug-likeness (QED) is 0.744. The van der Waals surface area contributed by atoms with E-state index in [1.807, 2.05) is 46.1 Å². The first kappa shape index (κ1) is 17.3. The van der Waals surface area contributed by atoms with Crippen LogP contribution in [0.15, 0.2) is 24.4 Å². The minimum absolute atomic E-state index is 0.0470. The van der Waals surface area contributed by atoms with Gasteiger partial charge >= 0.3 is 0 Å². The lowest BCUT2D eigenvalue weighted by Crippen LogP contribution is -2.15. The van der Waals surface area contributed by atoms with Crippen LogP contribution in [0, 0.1) is 0 Å². The molecule has 2 aromatic heterocycles. The number of nitrogens with zero attached hydrogens (tertiary/aromatic N) is 4. The molecule has 0 atom stereocenters. The molecule has 0 aliphatic rings. The van der Waals surface area contributed by atoms with Crippen LogP contribution in [0.5, 0.6) is 5.88 Å². The predicted octanol–water partition coefficient (Wildman–Crippen LogP) is 3.07. The SMILES string of the molecule is CC(C)Oc1c(Nc2nn(C)c3cc(C(C)(C)O)ccc23)cnn1C. The molecule has 25 heavy (non-hydrogen) atoms. The van der Waals surface area contributed by atoms with Crippen LogP contribution in [0.1, 0.15) is 33.3 Å². The third-order valence-corrected chi connectivity index (χ3v) is 4.04. The van der Waals surface area contributed by atoms with Crippen molar-refractivity contribution < 1.29 is 9.84 Å². The number of anilines is 2. The van der Waals surface area contributed by atoms with E-state index in [9.17, 15) is 5.11 Å². The molecule has 0 radical (unpaired) electrons. The Labute approximate surface area is 147 Å². The van der Waals surface area contributed by atoms with Crippen LogP contribution in [0.4, 0.5) is 11.5 Å². The third-order valence-electron chi connectivity index (χ3n) is 4.04. The Bertz CT molecular complexity index is 902. The fraction of sp³-hybridized carbons (Fsp3) is 0.444. The zero-order valence-corrected chi connectivity index (χ0v) is 15.5. The molecule has 0 fully saturated rings. The van der Waals surface area contributed by atoms with Gasteiger partial charge in [-0.2, -0.15) is 10.2 Å². The van der Waals surface area contributed by atoms with Crippen molar-refractivity contribution in [3.05, 3.63) is 30.0 Å². The van der Waals surface area contributed by atoms with Crippen LogP contribution in [0.3, 0.4) is 0 Å². The average Bonchev–Trinajstić information content (AvgIpc) is 3.01. The van der Waals surface area contributed by atoms with Gasteiger partial charge in [0.15, 0.2) is 5.82 Å². The van der Waals surface area contributed by atoms with Gasteiger partial charge in [0.25, 0.3) is 0 Å². The zero-order chi connectivity index (χ0) is 18.4. The molecule has 3 rings (SSSR count). The summed E-state index contributed by atoms with van der Waals surface area (Å²) >= 11 is 0. The van der Waals surface area contributed by atoms with E-state index in [4.69, 9.17) is 4.74 Å². The molecule has 0 amide bonds. The Balaban J connectivity index is 2.01. The van der Waals surface area contributed by atoms with Crippen molar-refractivity contribution in [2.75, 3.05) is 5.32 Å². The van der Waals surface area contributed by atoms with Crippen LogP contribution < -0.4 is 10.1 Å². The molecule has 0 saturated heterocycles. The maximum absolute atomic E-state index is 10.2. The molecule has 7 nitrogen and oxygen atoms in total. The normalized spacial score (nSPS) is 12.2. The van der Waals surface area contributed by atoms with Crippen molar-refractivity contribution in [2.24, 2.45) is 14.1 Å². The molecule has 0 aliphatic heterocycles. The van der Waals surface area contributed by atoms with E-state index in [0.29, 0.717) is 5.88 Å². The maximum atomic E-state index is 10.2. The third kappa shape index (κ3) is 3.32. The number of aliphatic hydroxyl groups is 1. The van der Waals surface area contributed by atoms with Crippen molar-refractivity contribution in [3.63, 3.8) is 0 Å². The van der Waals surface area contributed by atoms with Crippen molar-refractivity contribution >= 4 is 22.4 Å². The van der Waals surface area contributed by atoms with Crippen molar-refractivity contribution in [3.8, 4) is 5.88 Å². The molecule has 1 aromatic carbocycles. The summed E-state index contributed by atoms with van der Waals surface area (Å²) in [4.78, 5) is 0. The Morgan fingerprint density at radius 1 is 1.20 bits per heavy atom. The largest absolute Gasteiger partial charge is 0.474 e. The molecular formula is C18H25N5O2. The number of aromatic nitrogens is 4. The van der Waals surface area contributed by atoms with Gasteiger partial charge in [0, 0.05) is 19.5 Å². The minimum Gasteiger partial charge on any atom is -0.474 e. The Morgan fingerprint density at radius 2 is 1.92 bits per heavy atom. The molecule has 0 bridgehead atoms. The summed E-state index contributed by atoms with van der Waals surface area (Å²) in [7, 11) is 3.73. The smallest absolute Gasteiger partial charge is 0.236 e. The molecule has 0 spiro atoms. The number of hydrogen-bond acceptors (Lipinski definition) is 5. The van der Waals surface area contributed by atoms with E-state index in [-0.39, 0.29) is 6.10 Å². The highest BCUT2D eigenvalue weighted by atomic mass is 16.5. The van der Waals surface area contributed by atoms with Gasteiger partial charge in [-0.15, -0.1) is 0 Å². The van der Waals surface area contributed by atoms with Crippen LogP contribution in [0.25, 0.3) is 10.9 Å². The zero-order valence-electron chi connectivity index (χ0n) is 15.5. The van der Waals surface area contributed by atoms with E-state index in [1.165, 1.54) is 0 Å². The Kier molecular flexibility index (Phi) is 4.20. The summed E-state index contributed by atoms with van der Waals surface area (Å²) in [6.45, 7) is 7.50. The van der Waals surface area contributed by atoms with Crippen LogP contribution in [0.2, 0.25) is 0 Å². The van der Waals surface area contributed by atoms with Gasteiger partial charge in [-0.1, -0.05) is 6.07 Å². The second-order valence-electron chi connectivity index (χ2n) is 7.04. The van der Waals surface area contributed by atoms with Crippen LogP contribution in [-0.4, -0.2) is 30.8 Å². The first-order valence-electron chi connectivity index (χ1n) is 8.32. The summed E-state index contributed by atoms with van der Waals surface area (Å²) in [6, 6.07) is 5.85. The van der Waals surface area contributed by atoms with E-state index >= 15 is 0 Å². The first-order chi connectivity index (χ1) is 11.7. The van der Waals surface area contributed by atoms with Gasteiger partial charge in [-0.05, 0) is 45.4 Å². The van der Waals surface area contributed by atoms with Gasteiger partial charge in [-0.3, -0.25) is 4.68 Å². The summed E-state index contributed by atoms with van der Waals surface area (Å²) in [5.41, 5.74) is 1.66. The summed E-state index contributed by atoms with van der Waals surface area (Å²) in [5, 5.41) is 23.3. The lowest BCUT2D eigenvalue weighted by molar-refractivity contribution is 0.0787. The molecule has 0 saturated carbocycles. The van der Waals surface area contributed by atoms with E-state index in [1.54, 1.807) is 29.4 Å². The first-order valence-corrected chi connectivity index (χ1v) is 8.32. The summed E-state index contributed by atoms with van der Waals surface area (Å²) in [6.07, 6.45) is 1.77. The fourth-order valence-corrected chi connectivity index (χ4v) is 2.73. The Morgan fingerprint density at radius 3 is 2.56 bits per heavy atom. The number of nitrogens with one attached hydrogen (secondary N) is 1. The lowest BCUT2D eigenvalue weighted by atomic mass is 9.97.